The van der Waals surface area contributed by atoms with E-state index in [0.29, 0.717) is 30.5 Å². The van der Waals surface area contributed by atoms with Crippen LogP contribution in [0.1, 0.15) is 30.9 Å². The molecule has 2 aromatic carbocycles. The fourth-order valence-electron chi connectivity index (χ4n) is 3.04. The van der Waals surface area contributed by atoms with E-state index in [4.69, 9.17) is 14.2 Å². The monoisotopic (exact) mass is 373 g/mol. The molecule has 0 saturated heterocycles. The van der Waals surface area contributed by atoms with Crippen molar-refractivity contribution in [3.8, 4) is 17.2 Å². The quantitative estimate of drug-likeness (QED) is 0.688. The number of nitrogens with zero attached hydrogens (tertiary/aromatic N) is 1. The molecule has 0 fully saturated rings. The third kappa shape index (κ3) is 6.15. The van der Waals surface area contributed by atoms with Crippen LogP contribution in [0.2, 0.25) is 0 Å². The third-order valence-corrected chi connectivity index (χ3v) is 4.40. The molecule has 1 atom stereocenters. The molecule has 0 aromatic heterocycles. The van der Waals surface area contributed by atoms with E-state index >= 15 is 0 Å². The van der Waals surface area contributed by atoms with Gasteiger partial charge in [0.15, 0.2) is 11.5 Å². The zero-order valence-corrected chi connectivity index (χ0v) is 16.9. The fraction of sp³-hybridized carbons (Fsp3) is 0.455. The second-order valence-electron chi connectivity index (χ2n) is 7.04. The van der Waals surface area contributed by atoms with Crippen molar-refractivity contribution in [2.24, 2.45) is 0 Å². The van der Waals surface area contributed by atoms with Crippen LogP contribution in [-0.2, 0) is 6.54 Å². The van der Waals surface area contributed by atoms with Crippen molar-refractivity contribution < 1.29 is 19.3 Å². The molecular formula is C22H31NO4. The lowest BCUT2D eigenvalue weighted by Gasteiger charge is -2.22. The maximum absolute atomic E-state index is 10.4. The lowest BCUT2D eigenvalue weighted by atomic mass is 10.0. The first-order chi connectivity index (χ1) is 12.9. The van der Waals surface area contributed by atoms with Gasteiger partial charge in [-0.2, -0.15) is 0 Å². The van der Waals surface area contributed by atoms with Crippen LogP contribution in [0.5, 0.6) is 17.2 Å². The van der Waals surface area contributed by atoms with Gasteiger partial charge >= 0.3 is 0 Å². The van der Waals surface area contributed by atoms with Crippen LogP contribution >= 0.6 is 0 Å². The van der Waals surface area contributed by atoms with E-state index in [0.717, 1.165) is 16.9 Å². The van der Waals surface area contributed by atoms with E-state index in [-0.39, 0.29) is 6.61 Å². The van der Waals surface area contributed by atoms with Crippen LogP contribution < -0.4 is 14.2 Å². The van der Waals surface area contributed by atoms with Crippen molar-refractivity contribution in [3.63, 3.8) is 0 Å². The average Bonchev–Trinajstić information content (AvgIpc) is 2.66. The number of ether oxygens (including phenoxy) is 3. The Kier molecular flexibility index (Phi) is 7.95. The Hall–Kier alpha value is -2.24. The van der Waals surface area contributed by atoms with Crippen molar-refractivity contribution in [2.45, 2.75) is 32.4 Å². The van der Waals surface area contributed by atoms with Crippen LogP contribution in [-0.4, -0.2) is 50.5 Å². The number of aliphatic hydroxyl groups is 1. The Balaban J connectivity index is 1.88. The Bertz CT molecular complexity index is 717. The lowest BCUT2D eigenvalue weighted by Crippen LogP contribution is -2.32. The summed E-state index contributed by atoms with van der Waals surface area (Å²) in [6.07, 6.45) is -0.574. The summed E-state index contributed by atoms with van der Waals surface area (Å²) in [6.45, 7) is 5.74. The molecule has 0 aliphatic rings. The molecule has 5 nitrogen and oxygen atoms in total. The highest BCUT2D eigenvalue weighted by Crippen LogP contribution is 2.28. The van der Waals surface area contributed by atoms with Crippen molar-refractivity contribution in [1.29, 1.82) is 0 Å². The highest BCUT2D eigenvalue weighted by molar-refractivity contribution is 5.42. The summed E-state index contributed by atoms with van der Waals surface area (Å²) in [6, 6.07) is 13.8. The molecule has 2 rings (SSSR count). The number of methoxy groups -OCH3 is 2. The zero-order chi connectivity index (χ0) is 19.8. The van der Waals surface area contributed by atoms with Gasteiger partial charge in [-0.15, -0.1) is 0 Å². The summed E-state index contributed by atoms with van der Waals surface area (Å²) >= 11 is 0. The highest BCUT2D eigenvalue weighted by Gasteiger charge is 2.13. The summed E-state index contributed by atoms with van der Waals surface area (Å²) in [7, 11) is 5.22. The summed E-state index contributed by atoms with van der Waals surface area (Å²) < 4.78 is 16.5. The minimum atomic E-state index is -0.574. The van der Waals surface area contributed by atoms with E-state index in [1.54, 1.807) is 14.2 Å². The van der Waals surface area contributed by atoms with E-state index in [9.17, 15) is 5.11 Å². The predicted molar refractivity (Wildman–Crippen MR) is 108 cm³/mol. The minimum absolute atomic E-state index is 0.264. The molecule has 2 aromatic rings. The first-order valence-electron chi connectivity index (χ1n) is 9.23. The van der Waals surface area contributed by atoms with Crippen molar-refractivity contribution in [2.75, 3.05) is 34.4 Å². The van der Waals surface area contributed by atoms with Crippen LogP contribution in [0.4, 0.5) is 0 Å². The maximum atomic E-state index is 10.4. The molecule has 27 heavy (non-hydrogen) atoms. The highest BCUT2D eigenvalue weighted by atomic mass is 16.5. The van der Waals surface area contributed by atoms with Gasteiger partial charge < -0.3 is 19.3 Å². The molecule has 0 amide bonds. The van der Waals surface area contributed by atoms with Crippen LogP contribution in [0.3, 0.4) is 0 Å². The Morgan fingerprint density at radius 3 is 2.33 bits per heavy atom. The Labute approximate surface area is 162 Å². The molecule has 0 unspecified atom stereocenters. The van der Waals surface area contributed by atoms with E-state index in [2.05, 4.69) is 24.8 Å². The summed E-state index contributed by atoms with van der Waals surface area (Å²) in [4.78, 5) is 2.06. The number of hydrogen-bond acceptors (Lipinski definition) is 5. The summed E-state index contributed by atoms with van der Waals surface area (Å²) in [5, 5.41) is 10.4. The third-order valence-electron chi connectivity index (χ3n) is 4.40. The van der Waals surface area contributed by atoms with Crippen molar-refractivity contribution in [3.05, 3.63) is 53.6 Å². The van der Waals surface area contributed by atoms with Gasteiger partial charge in [0.1, 0.15) is 18.5 Å². The molecule has 5 heteroatoms. The molecule has 0 aliphatic heterocycles. The topological polar surface area (TPSA) is 51.2 Å². The number of benzene rings is 2. The van der Waals surface area contributed by atoms with Gasteiger partial charge in [0.2, 0.25) is 0 Å². The molecule has 0 radical (unpaired) electrons. The molecule has 0 aliphatic carbocycles. The van der Waals surface area contributed by atoms with Gasteiger partial charge in [-0.1, -0.05) is 38.1 Å². The second-order valence-corrected chi connectivity index (χ2v) is 7.04. The van der Waals surface area contributed by atoms with Gasteiger partial charge in [0.25, 0.3) is 0 Å². The number of aliphatic hydroxyl groups excluding tert-OH is 1. The first kappa shape index (κ1) is 21.1. The molecule has 0 heterocycles. The maximum Gasteiger partial charge on any atom is 0.161 e. The zero-order valence-electron chi connectivity index (χ0n) is 16.9. The van der Waals surface area contributed by atoms with E-state index in [1.807, 2.05) is 43.4 Å². The van der Waals surface area contributed by atoms with Crippen molar-refractivity contribution >= 4 is 0 Å². The van der Waals surface area contributed by atoms with Gasteiger partial charge in [0, 0.05) is 13.1 Å². The average molecular weight is 373 g/mol. The van der Waals surface area contributed by atoms with Gasteiger partial charge in [0.05, 0.1) is 14.2 Å². The second kappa shape index (κ2) is 10.2. The number of hydrogen-bond donors (Lipinski definition) is 1. The lowest BCUT2D eigenvalue weighted by molar-refractivity contribution is 0.0739. The largest absolute Gasteiger partial charge is 0.493 e. The molecular weight excluding hydrogens is 342 g/mol. The Morgan fingerprint density at radius 1 is 0.963 bits per heavy atom. The van der Waals surface area contributed by atoms with E-state index < -0.39 is 6.10 Å². The predicted octanol–water partition coefficient (Wildman–Crippen LogP) is 3.70. The van der Waals surface area contributed by atoms with Crippen molar-refractivity contribution in [1.82, 2.24) is 4.90 Å². The van der Waals surface area contributed by atoms with E-state index in [1.165, 1.54) is 0 Å². The molecule has 0 bridgehead atoms. The SMILES string of the molecule is COc1ccc(CN(C)C[C@@H](O)COc2ccccc2C(C)C)cc1OC. The van der Waals surface area contributed by atoms with Crippen LogP contribution in [0.25, 0.3) is 0 Å². The Morgan fingerprint density at radius 2 is 1.67 bits per heavy atom. The number of likely N-dealkylation sites (N-methyl/N-ethyl adjacent to an activating group) is 1. The summed E-state index contributed by atoms with van der Waals surface area (Å²) in [5.74, 6) is 2.64. The molecule has 1 N–H and O–H groups in total. The molecule has 0 saturated carbocycles. The van der Waals surface area contributed by atoms with Gasteiger partial charge in [-0.05, 0) is 42.3 Å². The van der Waals surface area contributed by atoms with Crippen LogP contribution in [0.15, 0.2) is 42.5 Å². The van der Waals surface area contributed by atoms with Gasteiger partial charge in [-0.3, -0.25) is 4.90 Å². The molecule has 148 valence electrons. The van der Waals surface area contributed by atoms with Gasteiger partial charge in [-0.25, -0.2) is 0 Å². The number of rotatable bonds is 10. The normalized spacial score (nSPS) is 12.3. The smallest absolute Gasteiger partial charge is 0.161 e. The summed E-state index contributed by atoms with van der Waals surface area (Å²) in [5.41, 5.74) is 2.25. The fourth-order valence-corrected chi connectivity index (χ4v) is 3.04. The molecule has 0 spiro atoms. The minimum Gasteiger partial charge on any atom is -0.493 e. The van der Waals surface area contributed by atoms with Crippen LogP contribution in [0, 0.1) is 0 Å². The number of para-hydroxylation sites is 1. The first-order valence-corrected chi connectivity index (χ1v) is 9.23. The standard InChI is InChI=1S/C22H31NO4/c1-16(2)19-8-6-7-9-20(19)27-15-18(24)14-23(3)13-17-10-11-21(25-4)22(12-17)26-5/h6-12,16,18,24H,13-15H2,1-5H3/t18-/m1/s1.